The van der Waals surface area contributed by atoms with E-state index in [1.54, 1.807) is 6.92 Å². The van der Waals surface area contributed by atoms with Crippen LogP contribution >= 0.6 is 0 Å². The summed E-state index contributed by atoms with van der Waals surface area (Å²) in [6.07, 6.45) is 0.894. The molecule has 0 radical (unpaired) electrons. The molecule has 2 unspecified atom stereocenters. The summed E-state index contributed by atoms with van der Waals surface area (Å²) < 4.78 is 16.5. The van der Waals surface area contributed by atoms with Crippen molar-refractivity contribution in [3.05, 3.63) is 0 Å². The summed E-state index contributed by atoms with van der Waals surface area (Å²) in [6.45, 7) is 5.43. The van der Waals surface area contributed by atoms with Crippen molar-refractivity contribution in [1.82, 2.24) is 0 Å². The van der Waals surface area contributed by atoms with Crippen molar-refractivity contribution in [2.24, 2.45) is 0 Å². The summed E-state index contributed by atoms with van der Waals surface area (Å²) in [5.41, 5.74) is -0.730. The number of rotatable bonds is 1. The summed E-state index contributed by atoms with van der Waals surface area (Å²) >= 11 is 0. The van der Waals surface area contributed by atoms with E-state index in [2.05, 4.69) is 0 Å². The van der Waals surface area contributed by atoms with Crippen LogP contribution in [0.3, 0.4) is 0 Å². The Labute approximate surface area is 84.5 Å². The number of carbonyl (C=O) groups excluding carboxylic acids is 1. The Hall–Kier alpha value is -0.450. The van der Waals surface area contributed by atoms with E-state index in [1.165, 1.54) is 0 Å². The van der Waals surface area contributed by atoms with Gasteiger partial charge in [-0.05, 0) is 20.8 Å². The van der Waals surface area contributed by atoms with Gasteiger partial charge < -0.3 is 19.0 Å². The van der Waals surface area contributed by atoms with Gasteiger partial charge in [0.15, 0.2) is 18.4 Å². The zero-order valence-corrected chi connectivity index (χ0v) is 8.07. The number of aldehydes is 1. The highest BCUT2D eigenvalue weighted by atomic mass is 16.8. The van der Waals surface area contributed by atoms with Crippen LogP contribution in [0.1, 0.15) is 34.6 Å². The first kappa shape index (κ1) is 11.6. The molecule has 0 saturated carbocycles. The van der Waals surface area contributed by atoms with E-state index in [1.807, 2.05) is 13.8 Å². The number of hydrogen-bond acceptors (Lipinski definition) is 4. The fourth-order valence-electron chi connectivity index (χ4n) is 1.83. The third kappa shape index (κ3) is 1.82. The largest absolute Gasteiger partial charge is 0.342 e. The Morgan fingerprint density at radius 1 is 1.21 bits per heavy atom. The molecule has 2 saturated heterocycles. The van der Waals surface area contributed by atoms with Gasteiger partial charge in [-0.2, -0.15) is 0 Å². The molecule has 2 fully saturated rings. The minimum Gasteiger partial charge on any atom is -0.342 e. The Morgan fingerprint density at radius 2 is 1.86 bits per heavy atom. The maximum absolute atomic E-state index is 10.7. The molecular weight excluding hydrogens is 184 g/mol. The maximum atomic E-state index is 10.7. The molecule has 14 heavy (non-hydrogen) atoms. The van der Waals surface area contributed by atoms with Crippen molar-refractivity contribution < 1.29 is 19.0 Å². The fourth-order valence-corrected chi connectivity index (χ4v) is 1.83. The van der Waals surface area contributed by atoms with Gasteiger partial charge in [-0.3, -0.25) is 0 Å². The van der Waals surface area contributed by atoms with Crippen molar-refractivity contribution in [3.63, 3.8) is 0 Å². The lowest BCUT2D eigenvalue weighted by Gasteiger charge is -2.22. The quantitative estimate of drug-likeness (QED) is 0.604. The van der Waals surface area contributed by atoms with Crippen LogP contribution in [-0.4, -0.2) is 30.1 Å². The second-order valence-electron chi connectivity index (χ2n) is 4.29. The van der Waals surface area contributed by atoms with E-state index >= 15 is 0 Å². The van der Waals surface area contributed by atoms with Crippen molar-refractivity contribution in [3.8, 4) is 0 Å². The lowest BCUT2D eigenvalue weighted by atomic mass is 10.0. The minimum atomic E-state index is -0.730. The SMILES string of the molecule is C.CC1(C=O)CC2OC(C)(C)O[C@@H]2O1. The van der Waals surface area contributed by atoms with Crippen molar-refractivity contribution >= 4 is 6.29 Å². The first-order valence-electron chi connectivity index (χ1n) is 4.44. The molecule has 4 nitrogen and oxygen atoms in total. The third-order valence-electron chi connectivity index (χ3n) is 2.38. The van der Waals surface area contributed by atoms with Crippen molar-refractivity contribution in [1.29, 1.82) is 0 Å². The molecule has 2 aliphatic heterocycles. The van der Waals surface area contributed by atoms with E-state index in [0.717, 1.165) is 6.29 Å². The summed E-state index contributed by atoms with van der Waals surface area (Å²) in [5.74, 6) is -0.584. The summed E-state index contributed by atoms with van der Waals surface area (Å²) in [5, 5.41) is 0. The lowest BCUT2D eigenvalue weighted by Crippen LogP contribution is -2.31. The Morgan fingerprint density at radius 3 is 2.36 bits per heavy atom. The second kappa shape index (κ2) is 3.29. The van der Waals surface area contributed by atoms with Crippen LogP contribution in [0.4, 0.5) is 0 Å². The number of carbonyl (C=O) groups is 1. The molecule has 0 aromatic rings. The molecule has 0 N–H and O–H groups in total. The Balaban J connectivity index is 0.000000980. The van der Waals surface area contributed by atoms with Crippen LogP contribution in [0.5, 0.6) is 0 Å². The van der Waals surface area contributed by atoms with Gasteiger partial charge >= 0.3 is 0 Å². The van der Waals surface area contributed by atoms with E-state index < -0.39 is 11.4 Å². The molecule has 0 aromatic carbocycles. The first-order valence-corrected chi connectivity index (χ1v) is 4.44. The summed E-state index contributed by atoms with van der Waals surface area (Å²) in [7, 11) is 0. The monoisotopic (exact) mass is 202 g/mol. The van der Waals surface area contributed by atoms with Gasteiger partial charge in [0, 0.05) is 6.42 Å². The van der Waals surface area contributed by atoms with E-state index in [4.69, 9.17) is 14.2 Å². The van der Waals surface area contributed by atoms with Gasteiger partial charge in [-0.1, -0.05) is 7.43 Å². The summed E-state index contributed by atoms with van der Waals surface area (Å²) in [6, 6.07) is 0. The zero-order chi connectivity index (χ0) is 9.69. The highest BCUT2D eigenvalue weighted by Gasteiger charge is 2.53. The van der Waals surface area contributed by atoms with Crippen LogP contribution in [-0.2, 0) is 19.0 Å². The van der Waals surface area contributed by atoms with Crippen molar-refractivity contribution in [2.45, 2.75) is 58.4 Å². The van der Waals surface area contributed by atoms with Crippen LogP contribution in [0.2, 0.25) is 0 Å². The first-order chi connectivity index (χ1) is 5.94. The van der Waals surface area contributed by atoms with Crippen molar-refractivity contribution in [2.75, 3.05) is 0 Å². The average Bonchev–Trinajstić information content (AvgIpc) is 2.38. The molecule has 0 aromatic heterocycles. The standard InChI is InChI=1S/C9H14O4.CH4/c1-8(2)11-6-4-9(3,5-10)13-7(6)12-8;/h5-7H,4H2,1-3H3;1H4/t6?,7-,9?;/m1./s1. The molecule has 2 heterocycles. The molecule has 82 valence electrons. The topological polar surface area (TPSA) is 44.8 Å². The molecule has 0 amide bonds. The van der Waals surface area contributed by atoms with E-state index in [9.17, 15) is 4.79 Å². The molecule has 0 spiro atoms. The molecule has 0 aliphatic carbocycles. The van der Waals surface area contributed by atoms with Gasteiger partial charge in [0.25, 0.3) is 0 Å². The normalized spacial score (nSPS) is 44.2. The Kier molecular flexibility index (Phi) is 2.73. The molecule has 4 heteroatoms. The van der Waals surface area contributed by atoms with Gasteiger partial charge in [0.1, 0.15) is 11.7 Å². The minimum absolute atomic E-state index is 0. The zero-order valence-electron chi connectivity index (χ0n) is 8.07. The lowest BCUT2D eigenvalue weighted by molar-refractivity contribution is -0.217. The number of ether oxygens (including phenoxy) is 3. The highest BCUT2D eigenvalue weighted by Crippen LogP contribution is 2.40. The third-order valence-corrected chi connectivity index (χ3v) is 2.38. The predicted octanol–water partition coefficient (Wildman–Crippen LogP) is 1.48. The number of hydrogen-bond donors (Lipinski definition) is 0. The highest BCUT2D eigenvalue weighted by molar-refractivity contribution is 5.62. The Bertz CT molecular complexity index is 220. The van der Waals surface area contributed by atoms with Gasteiger partial charge in [0.2, 0.25) is 0 Å². The molecule has 0 bridgehead atoms. The van der Waals surface area contributed by atoms with Gasteiger partial charge in [-0.25, -0.2) is 0 Å². The second-order valence-corrected chi connectivity index (χ2v) is 4.29. The molecular formula is C10H18O4. The van der Waals surface area contributed by atoms with Gasteiger partial charge in [0.05, 0.1) is 0 Å². The molecule has 2 rings (SSSR count). The van der Waals surface area contributed by atoms with Crippen LogP contribution < -0.4 is 0 Å². The molecule has 3 atom stereocenters. The molecule has 2 aliphatic rings. The maximum Gasteiger partial charge on any atom is 0.188 e. The fraction of sp³-hybridized carbons (Fsp3) is 0.900. The van der Waals surface area contributed by atoms with Crippen LogP contribution in [0.15, 0.2) is 0 Å². The summed E-state index contributed by atoms with van der Waals surface area (Å²) in [4.78, 5) is 10.7. The smallest absolute Gasteiger partial charge is 0.188 e. The number of fused-ring (bicyclic) bond motifs is 1. The van der Waals surface area contributed by atoms with Gasteiger partial charge in [-0.15, -0.1) is 0 Å². The van der Waals surface area contributed by atoms with Crippen LogP contribution in [0.25, 0.3) is 0 Å². The van der Waals surface area contributed by atoms with E-state index in [-0.39, 0.29) is 19.8 Å². The predicted molar refractivity (Wildman–Crippen MR) is 50.7 cm³/mol. The average molecular weight is 202 g/mol. The van der Waals surface area contributed by atoms with E-state index in [0.29, 0.717) is 6.42 Å². The van der Waals surface area contributed by atoms with Crippen LogP contribution in [0, 0.1) is 0 Å².